The molecule has 2 heteroatoms. The highest BCUT2D eigenvalue weighted by Crippen LogP contribution is 2.18. The quantitative estimate of drug-likeness (QED) is 0.562. The van der Waals surface area contributed by atoms with Gasteiger partial charge >= 0.3 is 0 Å². The number of hydrogen-bond donors (Lipinski definition) is 0. The van der Waals surface area contributed by atoms with Crippen LogP contribution in [0, 0.1) is 12.3 Å². The van der Waals surface area contributed by atoms with Gasteiger partial charge in [-0.3, -0.25) is 4.79 Å². The second-order valence-electron chi connectivity index (χ2n) is 3.55. The van der Waals surface area contributed by atoms with E-state index in [9.17, 15) is 4.79 Å². The van der Waals surface area contributed by atoms with E-state index in [2.05, 4.69) is 12.8 Å². The molecule has 1 saturated heterocycles. The van der Waals surface area contributed by atoms with Gasteiger partial charge in [0.1, 0.15) is 0 Å². The zero-order valence-corrected chi connectivity index (χ0v) is 8.25. The largest absolute Gasteiger partial charge is 0.329 e. The van der Waals surface area contributed by atoms with E-state index in [1.54, 1.807) is 0 Å². The third-order valence-electron chi connectivity index (χ3n) is 2.73. The standard InChI is InChI=1S/C11H17NO/c1-3-10-8-6-5-7-9-12(10)11(13)4-2/h2,10H,3,5-9H2,1H3. The van der Waals surface area contributed by atoms with Gasteiger partial charge in [-0.25, -0.2) is 0 Å². The molecule has 0 radical (unpaired) electrons. The van der Waals surface area contributed by atoms with E-state index in [-0.39, 0.29) is 5.91 Å². The maximum atomic E-state index is 11.4. The Morgan fingerprint density at radius 3 is 2.92 bits per heavy atom. The number of hydrogen-bond acceptors (Lipinski definition) is 1. The number of terminal acetylenes is 1. The van der Waals surface area contributed by atoms with Crippen LogP contribution in [0.15, 0.2) is 0 Å². The van der Waals surface area contributed by atoms with Crippen LogP contribution < -0.4 is 0 Å². The molecule has 1 unspecified atom stereocenters. The van der Waals surface area contributed by atoms with E-state index < -0.39 is 0 Å². The third-order valence-corrected chi connectivity index (χ3v) is 2.73. The zero-order chi connectivity index (χ0) is 9.68. The Morgan fingerprint density at radius 2 is 2.31 bits per heavy atom. The average Bonchev–Trinajstić information content (AvgIpc) is 2.41. The minimum absolute atomic E-state index is 0.131. The Balaban J connectivity index is 2.65. The number of rotatable bonds is 1. The first-order valence-electron chi connectivity index (χ1n) is 5.06. The molecule has 1 fully saturated rings. The van der Waals surface area contributed by atoms with Crippen molar-refractivity contribution in [2.45, 2.75) is 45.1 Å². The Hall–Kier alpha value is -0.970. The lowest BCUT2D eigenvalue weighted by atomic mass is 10.1. The van der Waals surface area contributed by atoms with Crippen LogP contribution in [-0.2, 0) is 4.79 Å². The van der Waals surface area contributed by atoms with Crippen molar-refractivity contribution < 1.29 is 4.79 Å². The second kappa shape index (κ2) is 4.91. The molecule has 72 valence electrons. The normalized spacial score (nSPS) is 23.4. The van der Waals surface area contributed by atoms with Crippen LogP contribution in [0.25, 0.3) is 0 Å². The molecule has 13 heavy (non-hydrogen) atoms. The van der Waals surface area contributed by atoms with Gasteiger partial charge in [0.2, 0.25) is 0 Å². The maximum Gasteiger partial charge on any atom is 0.298 e. The molecule has 1 aliphatic heterocycles. The molecular formula is C11H17NO. The van der Waals surface area contributed by atoms with E-state index in [1.807, 2.05) is 4.90 Å². The fourth-order valence-corrected chi connectivity index (χ4v) is 1.95. The van der Waals surface area contributed by atoms with Crippen molar-refractivity contribution in [1.29, 1.82) is 0 Å². The van der Waals surface area contributed by atoms with Crippen LogP contribution in [0.5, 0.6) is 0 Å². The Labute approximate surface area is 80.3 Å². The fraction of sp³-hybridized carbons (Fsp3) is 0.727. The van der Waals surface area contributed by atoms with Gasteiger partial charge in [0.25, 0.3) is 5.91 Å². The van der Waals surface area contributed by atoms with Crippen LogP contribution in [-0.4, -0.2) is 23.4 Å². The molecule has 1 heterocycles. The number of likely N-dealkylation sites (tertiary alicyclic amines) is 1. The third kappa shape index (κ3) is 2.48. The Kier molecular flexibility index (Phi) is 3.82. The predicted octanol–water partition coefficient (Wildman–Crippen LogP) is 1.80. The molecule has 1 amide bonds. The molecule has 0 N–H and O–H groups in total. The van der Waals surface area contributed by atoms with Gasteiger partial charge < -0.3 is 4.90 Å². The molecular weight excluding hydrogens is 162 g/mol. The average molecular weight is 179 g/mol. The summed E-state index contributed by atoms with van der Waals surface area (Å²) in [5.41, 5.74) is 0. The van der Waals surface area contributed by atoms with E-state index >= 15 is 0 Å². The van der Waals surface area contributed by atoms with Crippen LogP contribution >= 0.6 is 0 Å². The summed E-state index contributed by atoms with van der Waals surface area (Å²) in [6.45, 7) is 2.97. The molecule has 1 atom stereocenters. The van der Waals surface area contributed by atoms with Gasteiger partial charge in [0, 0.05) is 12.6 Å². The predicted molar refractivity (Wildman–Crippen MR) is 53.1 cm³/mol. The Bertz CT molecular complexity index is 217. The molecule has 0 aromatic carbocycles. The number of amides is 1. The second-order valence-corrected chi connectivity index (χ2v) is 3.55. The van der Waals surface area contributed by atoms with Crippen LogP contribution in [0.1, 0.15) is 39.0 Å². The Morgan fingerprint density at radius 1 is 1.54 bits per heavy atom. The summed E-state index contributed by atoms with van der Waals surface area (Å²) in [5.74, 6) is 2.08. The van der Waals surface area contributed by atoms with E-state index in [1.165, 1.54) is 12.8 Å². The molecule has 2 nitrogen and oxygen atoms in total. The first-order valence-corrected chi connectivity index (χ1v) is 5.06. The van der Waals surface area contributed by atoms with Gasteiger partial charge in [-0.1, -0.05) is 19.8 Å². The van der Waals surface area contributed by atoms with Gasteiger partial charge in [-0.05, 0) is 25.2 Å². The minimum atomic E-state index is -0.131. The van der Waals surface area contributed by atoms with Gasteiger partial charge in [-0.2, -0.15) is 0 Å². The molecule has 0 aromatic heterocycles. The van der Waals surface area contributed by atoms with Gasteiger partial charge in [0.05, 0.1) is 0 Å². The molecule has 0 bridgehead atoms. The van der Waals surface area contributed by atoms with Crippen molar-refractivity contribution in [1.82, 2.24) is 4.90 Å². The van der Waals surface area contributed by atoms with Gasteiger partial charge in [0.15, 0.2) is 0 Å². The molecule has 0 aliphatic carbocycles. The maximum absolute atomic E-state index is 11.4. The summed E-state index contributed by atoms with van der Waals surface area (Å²) in [6, 6.07) is 0.381. The SMILES string of the molecule is C#CC(=O)N1CCCCCC1CC. The molecule has 0 spiro atoms. The monoisotopic (exact) mass is 179 g/mol. The summed E-state index contributed by atoms with van der Waals surface area (Å²) in [7, 11) is 0. The summed E-state index contributed by atoms with van der Waals surface area (Å²) >= 11 is 0. The topological polar surface area (TPSA) is 20.3 Å². The van der Waals surface area contributed by atoms with Crippen molar-refractivity contribution in [3.05, 3.63) is 0 Å². The highest BCUT2D eigenvalue weighted by molar-refractivity contribution is 5.93. The lowest BCUT2D eigenvalue weighted by Crippen LogP contribution is -2.38. The van der Waals surface area contributed by atoms with E-state index in [0.29, 0.717) is 6.04 Å². The molecule has 0 saturated carbocycles. The number of nitrogens with zero attached hydrogens (tertiary/aromatic N) is 1. The number of carbonyl (C=O) groups is 1. The van der Waals surface area contributed by atoms with Crippen LogP contribution in [0.2, 0.25) is 0 Å². The molecule has 1 aliphatic rings. The highest BCUT2D eigenvalue weighted by atomic mass is 16.2. The van der Waals surface area contributed by atoms with Crippen LogP contribution in [0.3, 0.4) is 0 Å². The first-order chi connectivity index (χ1) is 6.29. The lowest BCUT2D eigenvalue weighted by molar-refractivity contribution is -0.127. The first kappa shape index (κ1) is 10.1. The van der Waals surface area contributed by atoms with Crippen molar-refractivity contribution >= 4 is 5.91 Å². The van der Waals surface area contributed by atoms with Crippen molar-refractivity contribution in [3.8, 4) is 12.3 Å². The van der Waals surface area contributed by atoms with E-state index in [0.717, 1.165) is 25.8 Å². The summed E-state index contributed by atoms with van der Waals surface area (Å²) < 4.78 is 0. The zero-order valence-electron chi connectivity index (χ0n) is 8.25. The number of carbonyl (C=O) groups excluding carboxylic acids is 1. The smallest absolute Gasteiger partial charge is 0.298 e. The van der Waals surface area contributed by atoms with E-state index in [4.69, 9.17) is 6.42 Å². The highest BCUT2D eigenvalue weighted by Gasteiger charge is 2.22. The molecule has 1 rings (SSSR count). The molecule has 0 aromatic rings. The summed E-state index contributed by atoms with van der Waals surface area (Å²) in [5, 5.41) is 0. The fourth-order valence-electron chi connectivity index (χ4n) is 1.95. The van der Waals surface area contributed by atoms with Crippen molar-refractivity contribution in [3.63, 3.8) is 0 Å². The van der Waals surface area contributed by atoms with Crippen molar-refractivity contribution in [2.75, 3.05) is 6.54 Å². The minimum Gasteiger partial charge on any atom is -0.329 e. The van der Waals surface area contributed by atoms with Crippen LogP contribution in [0.4, 0.5) is 0 Å². The van der Waals surface area contributed by atoms with Crippen molar-refractivity contribution in [2.24, 2.45) is 0 Å². The summed E-state index contributed by atoms with van der Waals surface area (Å²) in [4.78, 5) is 13.2. The summed E-state index contributed by atoms with van der Waals surface area (Å²) in [6.07, 6.45) is 10.8. The lowest BCUT2D eigenvalue weighted by Gasteiger charge is -2.27. The van der Waals surface area contributed by atoms with Gasteiger partial charge in [-0.15, -0.1) is 6.42 Å².